The van der Waals surface area contributed by atoms with Crippen LogP contribution in [0.4, 0.5) is 13.2 Å². The molecule has 100 valence electrons. The van der Waals surface area contributed by atoms with Crippen molar-refractivity contribution in [2.24, 2.45) is 0 Å². The Bertz CT molecular complexity index is 438. The summed E-state index contributed by atoms with van der Waals surface area (Å²) >= 11 is 1.91. The Morgan fingerprint density at radius 3 is 2.28 bits per heavy atom. The van der Waals surface area contributed by atoms with Crippen LogP contribution < -0.4 is 5.32 Å². The van der Waals surface area contributed by atoms with Gasteiger partial charge in [0.15, 0.2) is 17.5 Å². The first-order chi connectivity index (χ1) is 8.29. The molecular weight excluding hydrogens is 358 g/mol. The third-order valence-electron chi connectivity index (χ3n) is 3.19. The van der Waals surface area contributed by atoms with Crippen molar-refractivity contribution >= 4 is 22.6 Å². The molecule has 1 aromatic rings. The number of alkyl halides is 1. The van der Waals surface area contributed by atoms with E-state index in [-0.39, 0.29) is 12.1 Å². The lowest BCUT2D eigenvalue weighted by atomic mass is 10.0. The van der Waals surface area contributed by atoms with Crippen molar-refractivity contribution in [1.82, 2.24) is 5.32 Å². The molecule has 0 aromatic heterocycles. The second-order valence-corrected chi connectivity index (χ2v) is 6.86. The lowest BCUT2D eigenvalue weighted by molar-refractivity contribution is 0.134. The summed E-state index contributed by atoms with van der Waals surface area (Å²) in [5, 5.41) is 13.0. The van der Waals surface area contributed by atoms with Crippen molar-refractivity contribution in [3.63, 3.8) is 0 Å². The lowest BCUT2D eigenvalue weighted by Crippen LogP contribution is -2.40. The molecule has 2 nitrogen and oxygen atoms in total. The van der Waals surface area contributed by atoms with Gasteiger partial charge in [0.05, 0.1) is 0 Å². The molecule has 2 N–H and O–H groups in total. The van der Waals surface area contributed by atoms with Crippen LogP contribution >= 0.6 is 22.6 Å². The fraction of sp³-hybridized carbons (Fsp3) is 0.500. The number of hydrogen-bond acceptors (Lipinski definition) is 2. The van der Waals surface area contributed by atoms with Crippen molar-refractivity contribution in [2.75, 3.05) is 0 Å². The Labute approximate surface area is 117 Å². The minimum Gasteiger partial charge on any atom is -0.378 e. The first-order valence-electron chi connectivity index (χ1n) is 5.61. The minimum absolute atomic E-state index is 0.153. The van der Waals surface area contributed by atoms with Gasteiger partial charge in [-0.3, -0.25) is 0 Å². The molecule has 2 unspecified atom stereocenters. The Morgan fingerprint density at radius 2 is 1.83 bits per heavy atom. The summed E-state index contributed by atoms with van der Waals surface area (Å²) in [5.41, 5.74) is 0.370. The van der Waals surface area contributed by atoms with Gasteiger partial charge in [-0.15, -0.1) is 0 Å². The van der Waals surface area contributed by atoms with Crippen molar-refractivity contribution < 1.29 is 18.3 Å². The molecule has 1 saturated heterocycles. The molecule has 18 heavy (non-hydrogen) atoms. The smallest absolute Gasteiger partial charge is 0.194 e. The number of hydrogen-bond donors (Lipinski definition) is 2. The first-order valence-corrected chi connectivity index (χ1v) is 6.68. The maximum absolute atomic E-state index is 13.1. The highest BCUT2D eigenvalue weighted by molar-refractivity contribution is 14.1. The zero-order chi connectivity index (χ0) is 13.5. The summed E-state index contributed by atoms with van der Waals surface area (Å²) < 4.78 is 38.2. The molecule has 2 rings (SSSR count). The van der Waals surface area contributed by atoms with Crippen molar-refractivity contribution in [3.05, 3.63) is 35.1 Å². The summed E-state index contributed by atoms with van der Waals surface area (Å²) in [7, 11) is 0. The molecule has 0 saturated carbocycles. The molecule has 0 aliphatic carbocycles. The van der Waals surface area contributed by atoms with E-state index in [4.69, 9.17) is 0 Å². The topological polar surface area (TPSA) is 32.3 Å². The van der Waals surface area contributed by atoms with E-state index < -0.39 is 21.1 Å². The van der Waals surface area contributed by atoms with Crippen LogP contribution in [0.3, 0.4) is 0 Å². The van der Waals surface area contributed by atoms with Gasteiger partial charge < -0.3 is 10.4 Å². The van der Waals surface area contributed by atoms with E-state index in [9.17, 15) is 18.3 Å². The predicted molar refractivity (Wildman–Crippen MR) is 69.9 cm³/mol. The quantitative estimate of drug-likeness (QED) is 0.476. The van der Waals surface area contributed by atoms with Gasteiger partial charge >= 0.3 is 0 Å². The van der Waals surface area contributed by atoms with Crippen LogP contribution in [0.1, 0.15) is 31.4 Å². The summed E-state index contributed by atoms with van der Waals surface area (Å²) in [6, 6.07) is 1.58. The molecule has 3 atom stereocenters. The maximum atomic E-state index is 13.1. The largest absolute Gasteiger partial charge is 0.378 e. The summed E-state index contributed by atoms with van der Waals surface area (Å²) in [6.45, 7) is 1.67. The van der Waals surface area contributed by atoms with Crippen LogP contribution in [0.5, 0.6) is 0 Å². The van der Waals surface area contributed by atoms with Crippen molar-refractivity contribution in [2.45, 2.75) is 35.5 Å². The van der Waals surface area contributed by atoms with Crippen LogP contribution in [-0.4, -0.2) is 14.8 Å². The van der Waals surface area contributed by atoms with E-state index in [2.05, 4.69) is 5.32 Å². The average molecular weight is 371 g/mol. The molecule has 0 radical (unpaired) electrons. The maximum Gasteiger partial charge on any atom is 0.194 e. The van der Waals surface area contributed by atoms with Gasteiger partial charge in [-0.2, -0.15) is 0 Å². The van der Waals surface area contributed by atoms with E-state index in [0.29, 0.717) is 18.4 Å². The molecule has 0 spiro atoms. The third kappa shape index (κ3) is 2.80. The van der Waals surface area contributed by atoms with Gasteiger partial charge in [-0.25, -0.2) is 13.2 Å². The van der Waals surface area contributed by atoms with Gasteiger partial charge in [0.2, 0.25) is 0 Å². The fourth-order valence-electron chi connectivity index (χ4n) is 2.20. The van der Waals surface area contributed by atoms with Crippen molar-refractivity contribution in [1.29, 1.82) is 0 Å². The second kappa shape index (κ2) is 4.97. The van der Waals surface area contributed by atoms with Crippen molar-refractivity contribution in [3.8, 4) is 0 Å². The highest BCUT2D eigenvalue weighted by atomic mass is 127. The summed E-state index contributed by atoms with van der Waals surface area (Å²) in [6.07, 6.45) is 1.34. The van der Waals surface area contributed by atoms with Gasteiger partial charge in [-0.05, 0) is 60.1 Å². The lowest BCUT2D eigenvalue weighted by Gasteiger charge is -2.24. The van der Waals surface area contributed by atoms with E-state index in [1.54, 1.807) is 6.92 Å². The molecule has 1 aromatic carbocycles. The zero-order valence-electron chi connectivity index (χ0n) is 9.68. The third-order valence-corrected chi connectivity index (χ3v) is 3.94. The Morgan fingerprint density at radius 1 is 1.28 bits per heavy atom. The molecule has 1 aliphatic heterocycles. The Kier molecular flexibility index (Phi) is 3.89. The number of aliphatic hydroxyl groups is 1. The van der Waals surface area contributed by atoms with Gasteiger partial charge in [-0.1, -0.05) is 0 Å². The first kappa shape index (κ1) is 14.1. The Balaban J connectivity index is 2.20. The molecule has 0 bridgehead atoms. The highest BCUT2D eigenvalue weighted by Gasteiger charge is 2.36. The van der Waals surface area contributed by atoms with E-state index >= 15 is 0 Å². The van der Waals surface area contributed by atoms with Gasteiger partial charge in [0.25, 0.3) is 0 Å². The molecule has 1 heterocycles. The summed E-state index contributed by atoms with van der Waals surface area (Å²) in [5.74, 6) is -3.82. The van der Waals surface area contributed by atoms with Crippen LogP contribution in [-0.2, 0) is 0 Å². The molecule has 0 amide bonds. The van der Waals surface area contributed by atoms with Crippen LogP contribution in [0.2, 0.25) is 0 Å². The zero-order valence-corrected chi connectivity index (χ0v) is 11.8. The molecule has 6 heteroatoms. The van der Waals surface area contributed by atoms with Crippen LogP contribution in [0.25, 0.3) is 0 Å². The van der Waals surface area contributed by atoms with Gasteiger partial charge in [0, 0.05) is 12.1 Å². The average Bonchev–Trinajstić information content (AvgIpc) is 2.73. The van der Waals surface area contributed by atoms with Gasteiger partial charge in [0.1, 0.15) is 3.61 Å². The van der Waals surface area contributed by atoms with E-state index in [1.165, 1.54) is 0 Å². The number of benzene rings is 1. The Hall–Kier alpha value is -0.340. The van der Waals surface area contributed by atoms with Crippen LogP contribution in [0.15, 0.2) is 12.1 Å². The second-order valence-electron chi connectivity index (χ2n) is 4.67. The van der Waals surface area contributed by atoms with E-state index in [1.807, 2.05) is 22.6 Å². The number of halogens is 4. The molecule has 1 aliphatic rings. The predicted octanol–water partition coefficient (Wildman–Crippen LogP) is 3.04. The number of rotatable bonds is 2. The minimum atomic E-state index is -1.45. The number of nitrogens with one attached hydrogen (secondary N) is 1. The molecular formula is C12H13F3INO. The van der Waals surface area contributed by atoms with E-state index in [0.717, 1.165) is 12.1 Å². The summed E-state index contributed by atoms with van der Waals surface area (Å²) in [4.78, 5) is 0. The highest BCUT2D eigenvalue weighted by Crippen LogP contribution is 2.34. The SMILES string of the molecule is C[C@@](O)(I)C1CCC(c2cc(F)c(F)c(F)c2)N1. The fourth-order valence-corrected chi connectivity index (χ4v) is 2.69. The normalized spacial score (nSPS) is 27.2. The molecule has 1 fully saturated rings. The standard InChI is InChI=1S/C12H13F3INO/c1-12(16,18)10-3-2-9(17-10)6-4-7(13)11(15)8(14)5-6/h4-5,9-10,17-18H,2-3H2,1H3/t9?,10?,12-/m0/s1. The monoisotopic (exact) mass is 371 g/mol. The van der Waals surface area contributed by atoms with Crippen LogP contribution in [0, 0.1) is 17.5 Å².